The summed E-state index contributed by atoms with van der Waals surface area (Å²) in [7, 11) is 1.74. The molecule has 1 aromatic rings. The summed E-state index contributed by atoms with van der Waals surface area (Å²) in [6, 6.07) is 7.31. The van der Waals surface area contributed by atoms with Crippen LogP contribution in [0.3, 0.4) is 0 Å². The molecule has 0 radical (unpaired) electrons. The van der Waals surface area contributed by atoms with Gasteiger partial charge in [-0.3, -0.25) is 4.99 Å². The standard InChI is InChI=1S/C20H31F3N4O/c1-24-19(25-10-2-3-11-27-12-4-5-13-27)26-14-17-6-8-18(9-7-17)15-28-16-20(21,22)23/h6-9H,2-5,10-16H2,1H3,(H2,24,25,26). The van der Waals surface area contributed by atoms with E-state index in [2.05, 4.69) is 25.3 Å². The topological polar surface area (TPSA) is 48.9 Å². The second kappa shape index (κ2) is 11.9. The van der Waals surface area contributed by atoms with E-state index in [1.54, 1.807) is 19.2 Å². The summed E-state index contributed by atoms with van der Waals surface area (Å²) in [5.41, 5.74) is 1.74. The van der Waals surface area contributed by atoms with Gasteiger partial charge in [-0.15, -0.1) is 0 Å². The summed E-state index contributed by atoms with van der Waals surface area (Å²) in [5.74, 6) is 0.749. The first-order chi connectivity index (χ1) is 13.5. The van der Waals surface area contributed by atoms with E-state index in [0.29, 0.717) is 12.1 Å². The SMILES string of the molecule is CN=C(NCCCCN1CCCC1)NCc1ccc(COCC(F)(F)F)cc1. The zero-order valence-electron chi connectivity index (χ0n) is 16.5. The van der Waals surface area contributed by atoms with Gasteiger partial charge in [-0.25, -0.2) is 0 Å². The van der Waals surface area contributed by atoms with Crippen LogP contribution in [0.5, 0.6) is 0 Å². The number of nitrogens with one attached hydrogen (secondary N) is 2. The highest BCUT2D eigenvalue weighted by Gasteiger charge is 2.27. The van der Waals surface area contributed by atoms with Gasteiger partial charge in [0.05, 0.1) is 6.61 Å². The van der Waals surface area contributed by atoms with Crippen LogP contribution in [0, 0.1) is 0 Å². The number of likely N-dealkylation sites (tertiary alicyclic amines) is 1. The highest BCUT2D eigenvalue weighted by molar-refractivity contribution is 5.79. The molecule has 5 nitrogen and oxygen atoms in total. The number of guanidine groups is 1. The predicted molar refractivity (Wildman–Crippen MR) is 105 cm³/mol. The van der Waals surface area contributed by atoms with E-state index in [1.807, 2.05) is 12.1 Å². The van der Waals surface area contributed by atoms with Crippen LogP contribution in [-0.2, 0) is 17.9 Å². The minimum absolute atomic E-state index is 0.0477. The van der Waals surface area contributed by atoms with Crippen molar-refractivity contribution in [3.05, 3.63) is 35.4 Å². The highest BCUT2D eigenvalue weighted by atomic mass is 19.4. The minimum Gasteiger partial charge on any atom is -0.367 e. The summed E-state index contributed by atoms with van der Waals surface area (Å²) < 4.78 is 40.9. The molecule has 1 saturated heterocycles. The Morgan fingerprint density at radius 1 is 1.07 bits per heavy atom. The molecule has 0 aromatic heterocycles. The molecule has 1 aromatic carbocycles. The van der Waals surface area contributed by atoms with Crippen molar-refractivity contribution < 1.29 is 17.9 Å². The average Bonchev–Trinajstić information content (AvgIpc) is 3.17. The first kappa shape index (κ1) is 22.5. The van der Waals surface area contributed by atoms with Gasteiger partial charge >= 0.3 is 6.18 Å². The molecule has 0 atom stereocenters. The normalized spacial score (nSPS) is 15.8. The fraction of sp³-hybridized carbons (Fsp3) is 0.650. The van der Waals surface area contributed by atoms with Crippen molar-refractivity contribution >= 4 is 5.96 Å². The third kappa shape index (κ3) is 9.41. The monoisotopic (exact) mass is 400 g/mol. The quantitative estimate of drug-likeness (QED) is 0.359. The van der Waals surface area contributed by atoms with Crippen molar-refractivity contribution in [2.45, 2.75) is 45.0 Å². The van der Waals surface area contributed by atoms with Gasteiger partial charge in [0.2, 0.25) is 0 Å². The van der Waals surface area contributed by atoms with Crippen LogP contribution in [0.15, 0.2) is 29.3 Å². The number of unbranched alkanes of at least 4 members (excludes halogenated alkanes) is 1. The van der Waals surface area contributed by atoms with Crippen LogP contribution in [0.4, 0.5) is 13.2 Å². The Kier molecular flexibility index (Phi) is 9.57. The number of rotatable bonds is 10. The van der Waals surface area contributed by atoms with Gasteiger partial charge in [-0.1, -0.05) is 24.3 Å². The highest BCUT2D eigenvalue weighted by Crippen LogP contribution is 2.15. The Labute approximate surface area is 165 Å². The van der Waals surface area contributed by atoms with Crippen LogP contribution in [-0.4, -0.2) is 56.9 Å². The molecule has 0 aliphatic carbocycles. The molecule has 0 spiro atoms. The summed E-state index contributed by atoms with van der Waals surface area (Å²) in [6.07, 6.45) is 0.652. The Balaban J connectivity index is 1.60. The van der Waals surface area contributed by atoms with Crippen molar-refractivity contribution in [1.82, 2.24) is 15.5 Å². The molecule has 1 aliphatic heterocycles. The molecule has 1 fully saturated rings. The zero-order chi connectivity index (χ0) is 20.2. The fourth-order valence-electron chi connectivity index (χ4n) is 3.12. The molecule has 2 N–H and O–H groups in total. The van der Waals surface area contributed by atoms with Gasteiger partial charge in [0.1, 0.15) is 6.61 Å². The summed E-state index contributed by atoms with van der Waals surface area (Å²) in [4.78, 5) is 6.74. The van der Waals surface area contributed by atoms with Crippen LogP contribution < -0.4 is 10.6 Å². The van der Waals surface area contributed by atoms with Crippen molar-refractivity contribution in [3.8, 4) is 0 Å². The number of alkyl halides is 3. The van der Waals surface area contributed by atoms with Crippen molar-refractivity contribution in [1.29, 1.82) is 0 Å². The van der Waals surface area contributed by atoms with Gasteiger partial charge in [0.25, 0.3) is 0 Å². The Hall–Kier alpha value is -1.80. The zero-order valence-corrected chi connectivity index (χ0v) is 16.5. The molecule has 2 rings (SSSR count). The molecule has 8 heteroatoms. The van der Waals surface area contributed by atoms with Crippen LogP contribution in [0.2, 0.25) is 0 Å². The lowest BCUT2D eigenvalue weighted by molar-refractivity contribution is -0.176. The maximum absolute atomic E-state index is 12.1. The number of aliphatic imine (C=N–C) groups is 1. The number of hydrogen-bond donors (Lipinski definition) is 2. The Bertz CT molecular complexity index is 584. The third-order valence-corrected chi connectivity index (χ3v) is 4.63. The molecule has 28 heavy (non-hydrogen) atoms. The number of nitrogens with zero attached hydrogens (tertiary/aromatic N) is 2. The minimum atomic E-state index is -4.29. The smallest absolute Gasteiger partial charge is 0.367 e. The molecular weight excluding hydrogens is 369 g/mol. The van der Waals surface area contributed by atoms with E-state index >= 15 is 0 Å². The summed E-state index contributed by atoms with van der Waals surface area (Å²) >= 11 is 0. The molecule has 1 aliphatic rings. The van der Waals surface area contributed by atoms with Crippen molar-refractivity contribution in [2.75, 3.05) is 39.8 Å². The Morgan fingerprint density at radius 3 is 2.39 bits per heavy atom. The van der Waals surface area contributed by atoms with E-state index in [4.69, 9.17) is 0 Å². The molecule has 0 saturated carbocycles. The van der Waals surface area contributed by atoms with E-state index < -0.39 is 12.8 Å². The third-order valence-electron chi connectivity index (χ3n) is 4.63. The van der Waals surface area contributed by atoms with E-state index in [-0.39, 0.29) is 6.61 Å². The number of halogens is 3. The largest absolute Gasteiger partial charge is 0.411 e. The molecular formula is C20H31F3N4O. The number of ether oxygens (including phenoxy) is 1. The van der Waals surface area contributed by atoms with Crippen LogP contribution in [0.25, 0.3) is 0 Å². The van der Waals surface area contributed by atoms with E-state index in [0.717, 1.165) is 24.5 Å². The molecule has 158 valence electrons. The number of hydrogen-bond acceptors (Lipinski definition) is 3. The van der Waals surface area contributed by atoms with Gasteiger partial charge in [0.15, 0.2) is 5.96 Å². The molecule has 0 amide bonds. The molecule has 1 heterocycles. The van der Waals surface area contributed by atoms with E-state index in [9.17, 15) is 13.2 Å². The van der Waals surface area contributed by atoms with Crippen molar-refractivity contribution in [2.24, 2.45) is 4.99 Å². The maximum Gasteiger partial charge on any atom is 0.411 e. The van der Waals surface area contributed by atoms with Gasteiger partial charge in [0, 0.05) is 20.1 Å². The first-order valence-electron chi connectivity index (χ1n) is 9.85. The second-order valence-electron chi connectivity index (χ2n) is 7.03. The van der Waals surface area contributed by atoms with Gasteiger partial charge in [-0.2, -0.15) is 13.2 Å². The first-order valence-corrected chi connectivity index (χ1v) is 9.85. The van der Waals surface area contributed by atoms with Crippen LogP contribution in [0.1, 0.15) is 36.8 Å². The van der Waals surface area contributed by atoms with Gasteiger partial charge in [-0.05, 0) is 56.4 Å². The van der Waals surface area contributed by atoms with Crippen LogP contribution >= 0.6 is 0 Å². The lowest BCUT2D eigenvalue weighted by Crippen LogP contribution is -2.37. The predicted octanol–water partition coefficient (Wildman–Crippen LogP) is 3.31. The van der Waals surface area contributed by atoms with E-state index in [1.165, 1.54) is 38.9 Å². The lowest BCUT2D eigenvalue weighted by atomic mass is 10.1. The average molecular weight is 400 g/mol. The van der Waals surface area contributed by atoms with Gasteiger partial charge < -0.3 is 20.3 Å². The summed E-state index contributed by atoms with van der Waals surface area (Å²) in [6.45, 7) is 3.85. The number of benzene rings is 1. The molecule has 0 unspecified atom stereocenters. The molecule has 0 bridgehead atoms. The van der Waals surface area contributed by atoms with Crippen molar-refractivity contribution in [3.63, 3.8) is 0 Å². The fourth-order valence-corrected chi connectivity index (χ4v) is 3.12. The summed E-state index contributed by atoms with van der Waals surface area (Å²) in [5, 5.41) is 6.56. The maximum atomic E-state index is 12.1. The second-order valence-corrected chi connectivity index (χ2v) is 7.03. The lowest BCUT2D eigenvalue weighted by Gasteiger charge is -2.15. The Morgan fingerprint density at radius 2 is 1.75 bits per heavy atom.